The van der Waals surface area contributed by atoms with Gasteiger partial charge in [0.15, 0.2) is 23.0 Å². The number of Topliss-reactive ketones (excluding diaryl/α,β-unsaturated/α-hetero) is 1. The fraction of sp³-hybridized carbons (Fsp3) is 0.480. The van der Waals surface area contributed by atoms with Crippen LogP contribution in [0.2, 0.25) is 0 Å². The Kier molecular flexibility index (Phi) is 9.65. The molecule has 0 amide bonds. The molecule has 0 radical (unpaired) electrons. The van der Waals surface area contributed by atoms with Crippen molar-refractivity contribution >= 4 is 11.8 Å². The van der Waals surface area contributed by atoms with Crippen LogP contribution in [0, 0.1) is 11.8 Å². The van der Waals surface area contributed by atoms with E-state index >= 15 is 0 Å². The summed E-state index contributed by atoms with van der Waals surface area (Å²) >= 11 is 0. The van der Waals surface area contributed by atoms with Crippen molar-refractivity contribution in [1.29, 1.82) is 0 Å². The molecule has 0 spiro atoms. The Hall–Kier alpha value is -2.93. The van der Waals surface area contributed by atoms with Gasteiger partial charge in [-0.1, -0.05) is 51.1 Å². The number of aromatic hydroxyl groups is 1. The molecule has 0 aliphatic heterocycles. The number of ether oxygens (including phenoxy) is 3. The van der Waals surface area contributed by atoms with Crippen LogP contribution in [0.3, 0.4) is 0 Å². The minimum Gasteiger partial charge on any atom is -0.503 e. The number of esters is 1. The number of aromatic nitrogens is 1. The van der Waals surface area contributed by atoms with E-state index in [0.29, 0.717) is 18.9 Å². The van der Waals surface area contributed by atoms with Crippen LogP contribution in [0.4, 0.5) is 0 Å². The summed E-state index contributed by atoms with van der Waals surface area (Å²) in [5.41, 5.74) is 0.901. The third-order valence-corrected chi connectivity index (χ3v) is 5.03. The molecule has 2 rings (SSSR count). The third-order valence-electron chi connectivity index (χ3n) is 5.03. The van der Waals surface area contributed by atoms with Crippen molar-refractivity contribution in [3.63, 3.8) is 0 Å². The highest BCUT2D eigenvalue weighted by Crippen LogP contribution is 2.29. The normalized spacial score (nSPS) is 13.9. The quantitative estimate of drug-likeness (QED) is 0.388. The molecule has 2 aromatic rings. The van der Waals surface area contributed by atoms with E-state index in [1.807, 2.05) is 37.3 Å². The molecule has 0 saturated heterocycles. The molecule has 0 aliphatic carbocycles. The smallest absolute Gasteiger partial charge is 0.309 e. The lowest BCUT2D eigenvalue weighted by molar-refractivity contribution is -0.161. The van der Waals surface area contributed by atoms with E-state index < -0.39 is 23.8 Å². The van der Waals surface area contributed by atoms with Crippen molar-refractivity contribution < 1.29 is 28.9 Å². The van der Waals surface area contributed by atoms with Crippen LogP contribution < -0.4 is 4.74 Å². The Balaban J connectivity index is 2.07. The first-order valence-electron chi connectivity index (χ1n) is 10.8. The van der Waals surface area contributed by atoms with Gasteiger partial charge in [0.1, 0.15) is 6.10 Å². The highest BCUT2D eigenvalue weighted by atomic mass is 16.6. The number of carbonyl (C=O) groups excluding carboxylic acids is 2. The highest BCUT2D eigenvalue weighted by molar-refractivity contribution is 5.99. The van der Waals surface area contributed by atoms with Gasteiger partial charge in [0.05, 0.1) is 19.1 Å². The maximum Gasteiger partial charge on any atom is 0.309 e. The molecule has 174 valence electrons. The van der Waals surface area contributed by atoms with Crippen LogP contribution >= 0.6 is 0 Å². The number of hydrogen-bond acceptors (Lipinski definition) is 7. The average molecular weight is 444 g/mol. The fourth-order valence-corrected chi connectivity index (χ4v) is 3.13. The van der Waals surface area contributed by atoms with Gasteiger partial charge in [-0.2, -0.15) is 0 Å². The molecule has 1 aromatic heterocycles. The summed E-state index contributed by atoms with van der Waals surface area (Å²) in [6, 6.07) is 11.2. The van der Waals surface area contributed by atoms with Gasteiger partial charge < -0.3 is 19.3 Å². The lowest BCUT2D eigenvalue weighted by atomic mass is 10.0. The number of ketones is 1. The zero-order valence-corrected chi connectivity index (χ0v) is 19.4. The van der Waals surface area contributed by atoms with Crippen molar-refractivity contribution in [2.45, 2.75) is 52.7 Å². The van der Waals surface area contributed by atoms with Gasteiger partial charge in [-0.05, 0) is 18.4 Å². The monoisotopic (exact) mass is 443 g/mol. The lowest BCUT2D eigenvalue weighted by Gasteiger charge is -2.26. The van der Waals surface area contributed by atoms with Crippen LogP contribution in [0.25, 0.3) is 0 Å². The van der Waals surface area contributed by atoms with Crippen LogP contribution in [-0.2, 0) is 20.7 Å². The van der Waals surface area contributed by atoms with Gasteiger partial charge in [-0.15, -0.1) is 0 Å². The van der Waals surface area contributed by atoms with Crippen LogP contribution in [0.1, 0.15) is 50.2 Å². The van der Waals surface area contributed by atoms with Gasteiger partial charge >= 0.3 is 5.97 Å². The maximum absolute atomic E-state index is 12.8. The van der Waals surface area contributed by atoms with Gasteiger partial charge in [-0.3, -0.25) is 9.59 Å². The second kappa shape index (κ2) is 12.2. The molecule has 1 heterocycles. The Morgan fingerprint density at radius 1 is 1.06 bits per heavy atom. The first-order valence-corrected chi connectivity index (χ1v) is 10.8. The second-order valence-corrected chi connectivity index (χ2v) is 8.34. The summed E-state index contributed by atoms with van der Waals surface area (Å²) < 4.78 is 16.7. The number of methoxy groups -OCH3 is 1. The molecule has 7 nitrogen and oxygen atoms in total. The summed E-state index contributed by atoms with van der Waals surface area (Å²) in [4.78, 5) is 29.4. The molecule has 0 bridgehead atoms. The third kappa shape index (κ3) is 7.34. The molecular weight excluding hydrogens is 410 g/mol. The van der Waals surface area contributed by atoms with Gasteiger partial charge in [0.2, 0.25) is 0 Å². The summed E-state index contributed by atoms with van der Waals surface area (Å²) in [7, 11) is 1.39. The molecule has 1 N–H and O–H groups in total. The molecule has 0 fully saturated rings. The number of hydrogen-bond donors (Lipinski definition) is 1. The van der Waals surface area contributed by atoms with E-state index in [9.17, 15) is 14.7 Å². The molecule has 7 heteroatoms. The second-order valence-electron chi connectivity index (χ2n) is 8.34. The summed E-state index contributed by atoms with van der Waals surface area (Å²) in [5, 5.41) is 10.2. The molecule has 0 saturated carbocycles. The van der Waals surface area contributed by atoms with Crippen LogP contribution in [0.15, 0.2) is 42.6 Å². The first-order chi connectivity index (χ1) is 15.2. The molecular formula is C25H33NO6. The zero-order valence-electron chi connectivity index (χ0n) is 19.4. The predicted octanol–water partition coefficient (Wildman–Crippen LogP) is 4.22. The minimum atomic E-state index is -0.717. The van der Waals surface area contributed by atoms with Crippen molar-refractivity contribution in [2.75, 3.05) is 13.7 Å². The Labute approximate surface area is 189 Å². The van der Waals surface area contributed by atoms with Crippen molar-refractivity contribution in [3.8, 4) is 11.5 Å². The number of carbonyl (C=O) groups is 2. The van der Waals surface area contributed by atoms with Crippen molar-refractivity contribution in [2.24, 2.45) is 11.8 Å². The number of nitrogens with zero attached hydrogens (tertiary/aromatic N) is 1. The lowest BCUT2D eigenvalue weighted by Crippen LogP contribution is -2.36. The standard InChI is InChI=1S/C25H33NO6/c1-16(2)15-31-18(4)22(14-19-9-7-6-8-10-19)32-25(29)17(3)13-20(27)23-24(28)21(30-5)11-12-26-23/h6-12,16-18,22,28H,13-15H2,1-5H3/t17-,18+,22-/m1/s1. The van der Waals surface area contributed by atoms with E-state index in [0.717, 1.165) is 5.56 Å². The van der Waals surface area contributed by atoms with E-state index in [1.54, 1.807) is 6.92 Å². The summed E-state index contributed by atoms with van der Waals surface area (Å²) in [6.07, 6.45) is 0.924. The van der Waals surface area contributed by atoms with E-state index in [2.05, 4.69) is 18.8 Å². The number of pyridine rings is 1. The average Bonchev–Trinajstić information content (AvgIpc) is 2.77. The largest absolute Gasteiger partial charge is 0.503 e. The van der Waals surface area contributed by atoms with E-state index in [1.165, 1.54) is 19.4 Å². The first kappa shape index (κ1) is 25.3. The number of rotatable bonds is 12. The van der Waals surface area contributed by atoms with Gasteiger partial charge in [0.25, 0.3) is 0 Å². The zero-order chi connectivity index (χ0) is 23.7. The Bertz CT molecular complexity index is 883. The van der Waals surface area contributed by atoms with Crippen LogP contribution in [0.5, 0.6) is 11.5 Å². The molecule has 32 heavy (non-hydrogen) atoms. The van der Waals surface area contributed by atoms with E-state index in [4.69, 9.17) is 14.2 Å². The summed E-state index contributed by atoms with van der Waals surface area (Å²) in [5.74, 6) is -1.51. The predicted molar refractivity (Wildman–Crippen MR) is 121 cm³/mol. The SMILES string of the molecule is COc1ccnc(C(=O)C[C@@H](C)C(=O)O[C@H](Cc2ccccc2)[C@H](C)OCC(C)C)c1O. The fourth-order valence-electron chi connectivity index (χ4n) is 3.13. The topological polar surface area (TPSA) is 95.0 Å². The highest BCUT2D eigenvalue weighted by Gasteiger charge is 2.28. The van der Waals surface area contributed by atoms with E-state index in [-0.39, 0.29) is 29.7 Å². The molecule has 0 unspecified atom stereocenters. The molecule has 3 atom stereocenters. The van der Waals surface area contributed by atoms with Gasteiger partial charge in [0, 0.05) is 31.7 Å². The van der Waals surface area contributed by atoms with Crippen molar-refractivity contribution in [3.05, 3.63) is 53.9 Å². The number of benzene rings is 1. The van der Waals surface area contributed by atoms with Crippen molar-refractivity contribution in [1.82, 2.24) is 4.98 Å². The summed E-state index contributed by atoms with van der Waals surface area (Å²) in [6.45, 7) is 8.17. The Morgan fingerprint density at radius 2 is 1.75 bits per heavy atom. The van der Waals surface area contributed by atoms with Crippen LogP contribution in [-0.4, -0.2) is 47.8 Å². The minimum absolute atomic E-state index is 0.126. The molecule has 1 aromatic carbocycles. The molecule has 0 aliphatic rings. The maximum atomic E-state index is 12.8. The van der Waals surface area contributed by atoms with Gasteiger partial charge in [-0.25, -0.2) is 4.98 Å². The Morgan fingerprint density at radius 3 is 2.38 bits per heavy atom.